The van der Waals surface area contributed by atoms with Crippen LogP contribution < -0.4 is 0 Å². The van der Waals surface area contributed by atoms with Gasteiger partial charge in [-0.3, -0.25) is 4.79 Å². The number of aliphatic hydroxyl groups excluding tert-OH is 5. The van der Waals surface area contributed by atoms with Gasteiger partial charge < -0.3 is 54.3 Å². The molecule has 50 heavy (non-hydrogen) atoms. The highest BCUT2D eigenvalue weighted by atomic mass is 16.7. The number of carbonyl (C=O) groups is 2. The summed E-state index contributed by atoms with van der Waals surface area (Å²) in [4.78, 5) is 24.1. The number of esters is 1. The summed E-state index contributed by atoms with van der Waals surface area (Å²) in [5.41, 5.74) is 1.61. The van der Waals surface area contributed by atoms with E-state index in [2.05, 4.69) is 26.8 Å². The molecule has 3 saturated carbocycles. The van der Waals surface area contributed by atoms with Crippen LogP contribution >= 0.6 is 0 Å². The standard InChI is InChI=1S/C37H58O13/c1-17(6-11-25(38)46-5)22-9-10-23-21-8-7-19-16-20(12-14-36(19,3)24(21)13-15-37(22,23)4)48-35-30(43)28(41)31(32(50-35)33(44)45)49-34-29(42)27(40)26(39)18(2)47-34/h7,17-18,20-24,26-32,34-35,39-43H,6,8-16H2,1-5H3,(H,44,45)/t17-,18+,20+,21+,22+,23+,24-,26+,27-,28+,29+,30+,31-,32-,34-,35+,36+,37+/m1/s1. The molecule has 0 spiro atoms. The fourth-order valence-corrected chi connectivity index (χ4v) is 11.1. The third kappa shape index (κ3) is 6.68. The van der Waals surface area contributed by atoms with Gasteiger partial charge in [-0.2, -0.15) is 0 Å². The zero-order valence-electron chi connectivity index (χ0n) is 29.9. The van der Waals surface area contributed by atoms with Gasteiger partial charge in [-0.05, 0) is 105 Å². The molecule has 5 fully saturated rings. The number of aliphatic hydroxyl groups is 5. The van der Waals surface area contributed by atoms with E-state index in [1.54, 1.807) is 0 Å². The van der Waals surface area contributed by atoms with E-state index >= 15 is 0 Å². The number of hydrogen-bond acceptors (Lipinski definition) is 12. The van der Waals surface area contributed by atoms with Crippen LogP contribution in [0.15, 0.2) is 11.6 Å². The molecular weight excluding hydrogens is 652 g/mol. The Hall–Kier alpha value is -1.68. The van der Waals surface area contributed by atoms with Crippen molar-refractivity contribution in [1.82, 2.24) is 0 Å². The van der Waals surface area contributed by atoms with Crippen LogP contribution in [-0.2, 0) is 33.3 Å². The molecule has 0 bridgehead atoms. The van der Waals surface area contributed by atoms with E-state index in [0.29, 0.717) is 48.9 Å². The van der Waals surface area contributed by atoms with Crippen molar-refractivity contribution in [2.24, 2.45) is 40.4 Å². The molecule has 284 valence electrons. The first-order chi connectivity index (χ1) is 23.6. The number of carboxylic acid groups (broad SMARTS) is 1. The zero-order chi connectivity index (χ0) is 36.3. The topological polar surface area (TPSA) is 202 Å². The van der Waals surface area contributed by atoms with Gasteiger partial charge in [-0.15, -0.1) is 0 Å². The van der Waals surface area contributed by atoms with Crippen LogP contribution in [0.3, 0.4) is 0 Å². The molecule has 0 aromatic heterocycles. The van der Waals surface area contributed by atoms with Crippen molar-refractivity contribution >= 4 is 11.9 Å². The van der Waals surface area contributed by atoms with E-state index in [-0.39, 0.29) is 22.9 Å². The third-order valence-electron chi connectivity index (χ3n) is 14.1. The quantitative estimate of drug-likeness (QED) is 0.151. The van der Waals surface area contributed by atoms with Gasteiger partial charge in [0.25, 0.3) is 0 Å². The van der Waals surface area contributed by atoms with Crippen LogP contribution in [0.2, 0.25) is 0 Å². The fraction of sp³-hybridized carbons (Fsp3) is 0.892. The van der Waals surface area contributed by atoms with Gasteiger partial charge in [0.1, 0.15) is 36.6 Å². The Labute approximate surface area is 294 Å². The zero-order valence-corrected chi connectivity index (χ0v) is 29.9. The Balaban J connectivity index is 1.10. The molecule has 0 radical (unpaired) electrons. The molecule has 2 aliphatic heterocycles. The first kappa shape index (κ1) is 38.1. The lowest BCUT2D eigenvalue weighted by molar-refractivity contribution is -0.355. The van der Waals surface area contributed by atoms with E-state index in [9.17, 15) is 40.2 Å². The van der Waals surface area contributed by atoms with E-state index in [1.165, 1.54) is 38.9 Å². The van der Waals surface area contributed by atoms with Gasteiger partial charge in [-0.25, -0.2) is 4.79 Å². The lowest BCUT2D eigenvalue weighted by atomic mass is 9.47. The Bertz CT molecular complexity index is 1280. The van der Waals surface area contributed by atoms with Crippen molar-refractivity contribution in [1.29, 1.82) is 0 Å². The predicted molar refractivity (Wildman–Crippen MR) is 176 cm³/mol. The lowest BCUT2D eigenvalue weighted by Crippen LogP contribution is -2.65. The van der Waals surface area contributed by atoms with Gasteiger partial charge in [-0.1, -0.05) is 32.4 Å². The summed E-state index contributed by atoms with van der Waals surface area (Å²) in [5.74, 6) is 1.25. The number of carbonyl (C=O) groups excluding carboxylic acids is 1. The van der Waals surface area contributed by atoms with E-state index < -0.39 is 67.4 Å². The van der Waals surface area contributed by atoms with Gasteiger partial charge >= 0.3 is 11.9 Å². The monoisotopic (exact) mass is 710 g/mol. The molecule has 0 aromatic carbocycles. The number of aliphatic carboxylic acids is 1. The number of methoxy groups -OCH3 is 1. The van der Waals surface area contributed by atoms with Crippen LogP contribution in [0.1, 0.15) is 91.9 Å². The average Bonchev–Trinajstić information content (AvgIpc) is 3.45. The first-order valence-electron chi connectivity index (χ1n) is 18.6. The summed E-state index contributed by atoms with van der Waals surface area (Å²) in [6, 6.07) is 0. The molecule has 2 heterocycles. The summed E-state index contributed by atoms with van der Waals surface area (Å²) in [7, 11) is 1.45. The molecule has 0 aromatic rings. The molecule has 0 amide bonds. The number of allylic oxidation sites excluding steroid dienone is 1. The van der Waals surface area contributed by atoms with Crippen molar-refractivity contribution in [2.75, 3.05) is 7.11 Å². The maximum absolute atomic E-state index is 12.3. The molecule has 18 atom stereocenters. The van der Waals surface area contributed by atoms with E-state index in [0.717, 1.165) is 25.7 Å². The summed E-state index contributed by atoms with van der Waals surface area (Å²) in [6.45, 7) is 8.63. The summed E-state index contributed by atoms with van der Waals surface area (Å²) < 4.78 is 27.9. The highest BCUT2D eigenvalue weighted by molar-refractivity contribution is 5.73. The van der Waals surface area contributed by atoms with Crippen molar-refractivity contribution in [3.8, 4) is 0 Å². The molecule has 4 aliphatic carbocycles. The molecule has 2 saturated heterocycles. The van der Waals surface area contributed by atoms with Gasteiger partial charge in [0.2, 0.25) is 0 Å². The maximum atomic E-state index is 12.3. The van der Waals surface area contributed by atoms with E-state index in [1.807, 2.05) is 0 Å². The molecule has 6 aliphatic rings. The molecule has 13 nitrogen and oxygen atoms in total. The first-order valence-corrected chi connectivity index (χ1v) is 18.6. The number of rotatable bonds is 9. The molecular formula is C37H58O13. The van der Waals surface area contributed by atoms with Crippen molar-refractivity contribution in [3.63, 3.8) is 0 Å². The van der Waals surface area contributed by atoms with Gasteiger partial charge in [0, 0.05) is 6.42 Å². The molecule has 6 rings (SSSR count). The van der Waals surface area contributed by atoms with Crippen molar-refractivity contribution in [2.45, 2.75) is 159 Å². The van der Waals surface area contributed by atoms with Crippen LogP contribution in [0.5, 0.6) is 0 Å². The Kier molecular flexibility index (Phi) is 11.1. The van der Waals surface area contributed by atoms with Gasteiger partial charge in [0.15, 0.2) is 18.7 Å². The summed E-state index contributed by atoms with van der Waals surface area (Å²) in [5, 5.41) is 62.6. The highest BCUT2D eigenvalue weighted by Gasteiger charge is 2.60. The van der Waals surface area contributed by atoms with Crippen LogP contribution in [0, 0.1) is 40.4 Å². The lowest BCUT2D eigenvalue weighted by Gasteiger charge is -2.58. The minimum atomic E-state index is -1.77. The summed E-state index contributed by atoms with van der Waals surface area (Å²) in [6.07, 6.45) is -4.27. The highest BCUT2D eigenvalue weighted by Crippen LogP contribution is 2.67. The maximum Gasteiger partial charge on any atom is 0.335 e. The average molecular weight is 711 g/mol. The minimum Gasteiger partial charge on any atom is -0.479 e. The predicted octanol–water partition coefficient (Wildman–Crippen LogP) is 2.28. The molecule has 0 unspecified atom stereocenters. The van der Waals surface area contributed by atoms with Gasteiger partial charge in [0.05, 0.1) is 19.3 Å². The second-order valence-corrected chi connectivity index (χ2v) is 16.6. The third-order valence-corrected chi connectivity index (χ3v) is 14.1. The summed E-state index contributed by atoms with van der Waals surface area (Å²) >= 11 is 0. The van der Waals surface area contributed by atoms with Crippen LogP contribution in [0.4, 0.5) is 0 Å². The smallest absolute Gasteiger partial charge is 0.335 e. The van der Waals surface area contributed by atoms with Crippen LogP contribution in [-0.4, -0.2) is 117 Å². The normalized spacial score (nSPS) is 49.6. The number of hydrogen-bond donors (Lipinski definition) is 6. The number of ether oxygens (including phenoxy) is 5. The molecule has 13 heteroatoms. The van der Waals surface area contributed by atoms with Crippen molar-refractivity contribution in [3.05, 3.63) is 11.6 Å². The van der Waals surface area contributed by atoms with Crippen LogP contribution in [0.25, 0.3) is 0 Å². The Morgan fingerprint density at radius 1 is 0.900 bits per heavy atom. The number of fused-ring (bicyclic) bond motifs is 5. The number of carboxylic acids is 1. The molecule has 6 N–H and O–H groups in total. The second-order valence-electron chi connectivity index (χ2n) is 16.6. The van der Waals surface area contributed by atoms with Crippen molar-refractivity contribution < 1.29 is 63.9 Å². The van der Waals surface area contributed by atoms with E-state index in [4.69, 9.17) is 23.7 Å². The Morgan fingerprint density at radius 2 is 1.60 bits per heavy atom. The minimum absolute atomic E-state index is 0.0168. The Morgan fingerprint density at radius 3 is 2.30 bits per heavy atom. The fourth-order valence-electron chi connectivity index (χ4n) is 11.1. The second kappa shape index (κ2) is 14.6. The SMILES string of the molecule is COC(=O)CC[C@@H](C)[C@@H]1CC[C@H]2[C@@H]3CC=C4C[C@@H](O[C@H]5O[C@@H](C(=O)O)[C@H](O[C@H]6O[C@@H](C)[C@H](O)[C@@H](O)[C@@H]6O)[C@@H](O)[C@@H]5O)CC[C@]4(C)[C@@H]3CC[C@]21C. The largest absolute Gasteiger partial charge is 0.479 e.